The van der Waals surface area contributed by atoms with Crippen molar-refractivity contribution in [2.45, 2.75) is 24.3 Å². The van der Waals surface area contributed by atoms with Gasteiger partial charge in [0.05, 0.1) is 16.9 Å². The molecule has 2 aromatic rings. The fraction of sp³-hybridized carbons (Fsp3) is 0.176. The molecular weight excluding hydrogens is 380 g/mol. The van der Waals surface area contributed by atoms with Crippen LogP contribution in [0.2, 0.25) is 5.02 Å². The van der Waals surface area contributed by atoms with Gasteiger partial charge in [0, 0.05) is 17.6 Å². The molecule has 26 heavy (non-hydrogen) atoms. The Hall–Kier alpha value is -2.42. The van der Waals surface area contributed by atoms with Crippen LogP contribution >= 0.6 is 11.6 Å². The molecule has 0 saturated carbocycles. The maximum atomic E-state index is 12.4. The molecule has 0 bridgehead atoms. The van der Waals surface area contributed by atoms with Crippen molar-refractivity contribution in [3.05, 3.63) is 59.1 Å². The van der Waals surface area contributed by atoms with E-state index >= 15 is 0 Å². The Kier molecular flexibility index (Phi) is 6.36. The van der Waals surface area contributed by atoms with Gasteiger partial charge in [-0.1, -0.05) is 23.7 Å². The summed E-state index contributed by atoms with van der Waals surface area (Å²) < 4.78 is 27.0. The first-order valence-electron chi connectivity index (χ1n) is 7.52. The number of carbonyl (C=O) groups is 2. The summed E-state index contributed by atoms with van der Waals surface area (Å²) in [5.41, 5.74) is 1.02. The number of hydrogen-bond donors (Lipinski definition) is 2. The first-order chi connectivity index (χ1) is 12.2. The van der Waals surface area contributed by atoms with Crippen LogP contribution < -0.4 is 15.1 Å². The van der Waals surface area contributed by atoms with Crippen molar-refractivity contribution >= 4 is 39.2 Å². The van der Waals surface area contributed by atoms with Crippen molar-refractivity contribution in [2.75, 3.05) is 5.32 Å². The van der Waals surface area contributed by atoms with Gasteiger partial charge in [0.2, 0.25) is 15.9 Å². The molecular formula is C17H16ClN2O5S-. The molecule has 0 radical (unpaired) electrons. The average molecular weight is 396 g/mol. The van der Waals surface area contributed by atoms with Crippen LogP contribution in [0.3, 0.4) is 0 Å². The normalized spacial score (nSPS) is 12.4. The molecule has 0 aliphatic rings. The Morgan fingerprint density at radius 1 is 1.08 bits per heavy atom. The second-order valence-corrected chi connectivity index (χ2v) is 7.68. The largest absolute Gasteiger partial charge is 0.548 e. The summed E-state index contributed by atoms with van der Waals surface area (Å²) in [6.45, 7) is 1.33. The van der Waals surface area contributed by atoms with Crippen LogP contribution in [0.5, 0.6) is 0 Å². The molecule has 1 amide bonds. The molecule has 0 aliphatic carbocycles. The summed E-state index contributed by atoms with van der Waals surface area (Å²) >= 11 is 5.78. The van der Waals surface area contributed by atoms with E-state index in [0.29, 0.717) is 16.3 Å². The van der Waals surface area contributed by atoms with E-state index in [4.69, 9.17) is 11.6 Å². The zero-order valence-corrected chi connectivity index (χ0v) is 15.3. The van der Waals surface area contributed by atoms with E-state index in [1.54, 1.807) is 24.3 Å². The summed E-state index contributed by atoms with van der Waals surface area (Å²) in [4.78, 5) is 22.2. The zero-order chi connectivity index (χ0) is 19.3. The molecule has 2 rings (SSSR count). The van der Waals surface area contributed by atoms with E-state index in [0.717, 1.165) is 0 Å². The van der Waals surface area contributed by atoms with Crippen molar-refractivity contribution in [1.29, 1.82) is 0 Å². The van der Waals surface area contributed by atoms with Gasteiger partial charge < -0.3 is 15.2 Å². The quantitative estimate of drug-likeness (QED) is 0.723. The van der Waals surface area contributed by atoms with Gasteiger partial charge in [-0.3, -0.25) is 4.79 Å². The number of carboxylic acid groups (broad SMARTS) is 1. The van der Waals surface area contributed by atoms with E-state index in [9.17, 15) is 23.1 Å². The lowest BCUT2D eigenvalue weighted by molar-refractivity contribution is -0.307. The molecule has 0 spiro atoms. The average Bonchev–Trinajstić information content (AvgIpc) is 2.56. The van der Waals surface area contributed by atoms with Crippen molar-refractivity contribution in [1.82, 2.24) is 4.72 Å². The first kappa shape index (κ1) is 19.9. The van der Waals surface area contributed by atoms with E-state index in [1.165, 1.54) is 31.2 Å². The van der Waals surface area contributed by atoms with Crippen LogP contribution in [0.15, 0.2) is 53.4 Å². The van der Waals surface area contributed by atoms with Crippen molar-refractivity contribution in [3.63, 3.8) is 0 Å². The molecule has 0 fully saturated rings. The van der Waals surface area contributed by atoms with Gasteiger partial charge in [-0.25, -0.2) is 13.1 Å². The molecule has 0 heterocycles. The van der Waals surface area contributed by atoms with Crippen LogP contribution in [-0.4, -0.2) is 26.3 Å². The van der Waals surface area contributed by atoms with Crippen molar-refractivity contribution in [2.24, 2.45) is 0 Å². The standard InChI is InChI=1S/C17H17ClN2O5S/c1-11(21)19-14-6-8-15(9-7-14)26(24,25)20-16(17(22)23)10-12-2-4-13(18)5-3-12/h2-9,16,20H,10H2,1H3,(H,19,21)(H,22,23)/p-1/t16-/m1/s1. The molecule has 0 unspecified atom stereocenters. The molecule has 0 aromatic heterocycles. The Morgan fingerprint density at radius 2 is 1.65 bits per heavy atom. The van der Waals surface area contributed by atoms with Crippen LogP contribution in [0, 0.1) is 0 Å². The van der Waals surface area contributed by atoms with E-state index in [-0.39, 0.29) is 17.2 Å². The SMILES string of the molecule is CC(=O)Nc1ccc(S(=O)(=O)N[C@H](Cc2ccc(Cl)cc2)C(=O)[O-])cc1. The maximum absolute atomic E-state index is 12.4. The van der Waals surface area contributed by atoms with Gasteiger partial charge in [-0.2, -0.15) is 0 Å². The minimum atomic E-state index is -4.09. The monoisotopic (exact) mass is 395 g/mol. The van der Waals surface area contributed by atoms with Gasteiger partial charge in [0.1, 0.15) is 0 Å². The molecule has 0 aliphatic heterocycles. The number of carbonyl (C=O) groups excluding carboxylic acids is 2. The number of rotatable bonds is 7. The van der Waals surface area contributed by atoms with Gasteiger partial charge in [0.15, 0.2) is 0 Å². The molecule has 2 aromatic carbocycles. The van der Waals surface area contributed by atoms with Crippen molar-refractivity contribution in [3.8, 4) is 0 Å². The molecule has 9 heteroatoms. The minimum Gasteiger partial charge on any atom is -0.548 e. The lowest BCUT2D eigenvalue weighted by Crippen LogP contribution is -2.49. The lowest BCUT2D eigenvalue weighted by atomic mass is 10.1. The van der Waals surface area contributed by atoms with Gasteiger partial charge in [0.25, 0.3) is 0 Å². The predicted octanol–water partition coefficient (Wildman–Crippen LogP) is 0.938. The highest BCUT2D eigenvalue weighted by Crippen LogP contribution is 2.16. The highest BCUT2D eigenvalue weighted by atomic mass is 35.5. The minimum absolute atomic E-state index is 0.0945. The zero-order valence-electron chi connectivity index (χ0n) is 13.7. The molecule has 138 valence electrons. The van der Waals surface area contributed by atoms with E-state index in [2.05, 4.69) is 10.0 Å². The third kappa shape index (κ3) is 5.55. The topological polar surface area (TPSA) is 115 Å². The molecule has 7 nitrogen and oxygen atoms in total. The molecule has 0 saturated heterocycles. The summed E-state index contributed by atoms with van der Waals surface area (Å²) in [5.74, 6) is -1.84. The number of aliphatic carboxylic acids is 1. The van der Waals surface area contributed by atoms with Crippen LogP contribution in [0.4, 0.5) is 5.69 Å². The summed E-state index contributed by atoms with van der Waals surface area (Å²) in [5, 5.41) is 14.3. The van der Waals surface area contributed by atoms with Crippen LogP contribution in [-0.2, 0) is 26.0 Å². The lowest BCUT2D eigenvalue weighted by Gasteiger charge is -2.20. The Labute approximate surface area is 156 Å². The fourth-order valence-corrected chi connectivity index (χ4v) is 3.52. The number of carboxylic acids is 1. The Balaban J connectivity index is 2.16. The van der Waals surface area contributed by atoms with Gasteiger partial charge >= 0.3 is 0 Å². The van der Waals surface area contributed by atoms with Crippen molar-refractivity contribution < 1.29 is 23.1 Å². The summed E-state index contributed by atoms with van der Waals surface area (Å²) in [7, 11) is -4.09. The van der Waals surface area contributed by atoms with Crippen LogP contribution in [0.1, 0.15) is 12.5 Å². The number of sulfonamides is 1. The first-order valence-corrected chi connectivity index (χ1v) is 9.39. The highest BCUT2D eigenvalue weighted by molar-refractivity contribution is 7.89. The number of benzene rings is 2. The summed E-state index contributed by atoms with van der Waals surface area (Å²) in [6, 6.07) is 10.3. The Bertz CT molecular complexity index is 896. The van der Waals surface area contributed by atoms with Gasteiger partial charge in [-0.05, 0) is 48.4 Å². The summed E-state index contributed by atoms with van der Waals surface area (Å²) in [6.07, 6.45) is -0.0945. The number of amides is 1. The number of anilines is 1. The van der Waals surface area contributed by atoms with E-state index < -0.39 is 22.0 Å². The second-order valence-electron chi connectivity index (χ2n) is 5.53. The predicted molar refractivity (Wildman–Crippen MR) is 95.0 cm³/mol. The maximum Gasteiger partial charge on any atom is 0.241 e. The van der Waals surface area contributed by atoms with Gasteiger partial charge in [-0.15, -0.1) is 0 Å². The Morgan fingerprint density at radius 3 is 2.15 bits per heavy atom. The third-order valence-electron chi connectivity index (χ3n) is 3.42. The number of nitrogens with one attached hydrogen (secondary N) is 2. The third-order valence-corrected chi connectivity index (χ3v) is 5.16. The number of halogens is 1. The number of hydrogen-bond acceptors (Lipinski definition) is 5. The smallest absolute Gasteiger partial charge is 0.241 e. The molecule has 2 N–H and O–H groups in total. The molecule has 1 atom stereocenters. The fourth-order valence-electron chi connectivity index (χ4n) is 2.21. The van der Waals surface area contributed by atoms with E-state index in [1.807, 2.05) is 0 Å². The highest BCUT2D eigenvalue weighted by Gasteiger charge is 2.21. The van der Waals surface area contributed by atoms with Crippen LogP contribution in [0.25, 0.3) is 0 Å². The second kappa shape index (κ2) is 8.31.